The van der Waals surface area contributed by atoms with E-state index in [0.717, 1.165) is 6.07 Å². The number of nitro groups is 1. The number of aryl methyl sites for hydroxylation is 1. The summed E-state index contributed by atoms with van der Waals surface area (Å²) in [5.41, 5.74) is -1.10. The number of carboxylic acids is 1. The Hall–Kier alpha value is -2.97. The minimum Gasteiger partial charge on any atom is -0.477 e. The topological polar surface area (TPSA) is 120 Å². The molecule has 0 fully saturated rings. The maximum atomic E-state index is 11.0. The van der Waals surface area contributed by atoms with Gasteiger partial charge in [0.2, 0.25) is 5.75 Å². The highest BCUT2D eigenvalue weighted by molar-refractivity contribution is 5.93. The van der Waals surface area contributed by atoms with Crippen LogP contribution in [0.2, 0.25) is 0 Å². The predicted octanol–water partition coefficient (Wildman–Crippen LogP) is 1.21. The summed E-state index contributed by atoms with van der Waals surface area (Å²) in [6, 6.07) is 3.64. The highest BCUT2D eigenvalue weighted by atomic mass is 16.6. The van der Waals surface area contributed by atoms with E-state index in [1.165, 1.54) is 23.1 Å². The molecule has 0 saturated carbocycles. The van der Waals surface area contributed by atoms with Gasteiger partial charge in [0, 0.05) is 7.05 Å². The molecule has 1 N–H and O–H groups in total. The first-order chi connectivity index (χ1) is 8.99. The van der Waals surface area contributed by atoms with Gasteiger partial charge >= 0.3 is 17.7 Å². The van der Waals surface area contributed by atoms with E-state index in [1.54, 1.807) is 7.05 Å². The smallest absolute Gasteiger partial charge is 0.342 e. The average Bonchev–Trinajstić information content (AvgIpc) is 2.74. The lowest BCUT2D eigenvalue weighted by Gasteiger charge is -2.04. The van der Waals surface area contributed by atoms with Crippen LogP contribution >= 0.6 is 0 Å². The maximum absolute atomic E-state index is 11.0. The first-order valence-electron chi connectivity index (χ1n) is 5.03. The number of carbonyl (C=O) groups is 1. The number of para-hydroxylation sites is 1. The molecule has 0 amide bonds. The van der Waals surface area contributed by atoms with Crippen molar-refractivity contribution in [2.45, 2.75) is 0 Å². The van der Waals surface area contributed by atoms with E-state index in [1.807, 2.05) is 0 Å². The van der Waals surface area contributed by atoms with Crippen molar-refractivity contribution in [1.82, 2.24) is 14.8 Å². The number of nitro benzene ring substituents is 1. The molecule has 98 valence electrons. The number of ether oxygens (including phenoxy) is 1. The van der Waals surface area contributed by atoms with Gasteiger partial charge in [-0.1, -0.05) is 6.07 Å². The van der Waals surface area contributed by atoms with Crippen molar-refractivity contribution in [3.05, 3.63) is 40.2 Å². The Kier molecular flexibility index (Phi) is 3.10. The van der Waals surface area contributed by atoms with Crippen LogP contribution in [0.25, 0.3) is 0 Å². The molecule has 2 aromatic rings. The van der Waals surface area contributed by atoms with Crippen LogP contribution in [-0.4, -0.2) is 30.8 Å². The Morgan fingerprint density at radius 2 is 2.26 bits per heavy atom. The zero-order valence-corrected chi connectivity index (χ0v) is 9.68. The Bertz CT molecular complexity index is 651. The summed E-state index contributed by atoms with van der Waals surface area (Å²) in [6.07, 6.45) is 1.35. The molecular formula is C10H8N4O5. The van der Waals surface area contributed by atoms with Crippen LogP contribution in [0, 0.1) is 10.1 Å². The van der Waals surface area contributed by atoms with Crippen LogP contribution in [0.5, 0.6) is 11.8 Å². The van der Waals surface area contributed by atoms with Crippen LogP contribution < -0.4 is 4.74 Å². The lowest BCUT2D eigenvalue weighted by Crippen LogP contribution is -2.04. The van der Waals surface area contributed by atoms with E-state index in [4.69, 9.17) is 9.84 Å². The lowest BCUT2D eigenvalue weighted by molar-refractivity contribution is -0.386. The number of aromatic nitrogens is 3. The van der Waals surface area contributed by atoms with Gasteiger partial charge in [-0.15, -0.1) is 5.10 Å². The van der Waals surface area contributed by atoms with Crippen LogP contribution in [0.4, 0.5) is 5.69 Å². The van der Waals surface area contributed by atoms with Crippen molar-refractivity contribution in [3.8, 4) is 11.8 Å². The molecule has 0 unspecified atom stereocenters. The van der Waals surface area contributed by atoms with Crippen LogP contribution in [0.15, 0.2) is 24.5 Å². The Morgan fingerprint density at radius 3 is 2.79 bits per heavy atom. The normalized spacial score (nSPS) is 10.2. The summed E-state index contributed by atoms with van der Waals surface area (Å²) in [4.78, 5) is 24.8. The van der Waals surface area contributed by atoms with Crippen molar-refractivity contribution >= 4 is 11.7 Å². The molecule has 0 saturated heterocycles. The monoisotopic (exact) mass is 264 g/mol. The predicted molar refractivity (Wildman–Crippen MR) is 61.1 cm³/mol. The Balaban J connectivity index is 2.47. The molecule has 2 rings (SSSR count). The molecule has 1 heterocycles. The number of carboxylic acid groups (broad SMARTS) is 1. The van der Waals surface area contributed by atoms with Crippen molar-refractivity contribution in [2.24, 2.45) is 7.05 Å². The third-order valence-corrected chi connectivity index (χ3v) is 2.19. The Morgan fingerprint density at radius 1 is 1.53 bits per heavy atom. The van der Waals surface area contributed by atoms with Gasteiger partial charge in [-0.25, -0.2) is 4.79 Å². The molecule has 0 aliphatic heterocycles. The molecule has 9 nitrogen and oxygen atoms in total. The van der Waals surface area contributed by atoms with Crippen molar-refractivity contribution in [1.29, 1.82) is 0 Å². The average molecular weight is 264 g/mol. The van der Waals surface area contributed by atoms with Gasteiger partial charge in [0.15, 0.2) is 0 Å². The lowest BCUT2D eigenvalue weighted by atomic mass is 10.1. The van der Waals surface area contributed by atoms with E-state index in [9.17, 15) is 14.9 Å². The van der Waals surface area contributed by atoms with Crippen molar-refractivity contribution in [2.75, 3.05) is 0 Å². The minimum atomic E-state index is -1.41. The van der Waals surface area contributed by atoms with E-state index in [2.05, 4.69) is 10.1 Å². The van der Waals surface area contributed by atoms with Gasteiger partial charge < -0.3 is 9.84 Å². The second-order valence-electron chi connectivity index (χ2n) is 3.52. The van der Waals surface area contributed by atoms with Crippen LogP contribution in [-0.2, 0) is 7.05 Å². The number of rotatable bonds is 4. The summed E-state index contributed by atoms with van der Waals surface area (Å²) >= 11 is 0. The first-order valence-corrected chi connectivity index (χ1v) is 5.03. The number of aromatic carboxylic acids is 1. The second-order valence-corrected chi connectivity index (χ2v) is 3.52. The summed E-state index contributed by atoms with van der Waals surface area (Å²) in [6.45, 7) is 0. The van der Waals surface area contributed by atoms with Crippen molar-refractivity contribution < 1.29 is 19.6 Å². The molecule has 0 spiro atoms. The van der Waals surface area contributed by atoms with Crippen molar-refractivity contribution in [3.63, 3.8) is 0 Å². The standard InChI is InChI=1S/C10H8N4O5/c1-13-5-11-10(12-13)19-7-4-2-3-6(9(15)16)8(7)14(17)18/h2-5H,1H3,(H,15,16). The maximum Gasteiger partial charge on any atom is 0.342 e. The number of hydrogen-bond donors (Lipinski definition) is 1. The van der Waals surface area contributed by atoms with Gasteiger partial charge in [-0.2, -0.15) is 4.98 Å². The van der Waals surface area contributed by atoms with Gasteiger partial charge in [0.25, 0.3) is 0 Å². The fourth-order valence-electron chi connectivity index (χ4n) is 1.43. The molecular weight excluding hydrogens is 256 g/mol. The molecule has 1 aromatic carbocycles. The largest absolute Gasteiger partial charge is 0.477 e. The summed E-state index contributed by atoms with van der Waals surface area (Å²) < 4.78 is 6.48. The quantitative estimate of drug-likeness (QED) is 0.650. The molecule has 0 radical (unpaired) electrons. The zero-order valence-electron chi connectivity index (χ0n) is 9.68. The fourth-order valence-corrected chi connectivity index (χ4v) is 1.43. The molecule has 1 aromatic heterocycles. The third kappa shape index (κ3) is 2.49. The van der Waals surface area contributed by atoms with E-state index in [-0.39, 0.29) is 11.8 Å². The summed E-state index contributed by atoms with van der Waals surface area (Å²) in [5.74, 6) is -1.64. The number of nitrogens with zero attached hydrogens (tertiary/aromatic N) is 4. The minimum absolute atomic E-state index is 0.104. The Labute approximate surface area is 106 Å². The molecule has 0 bridgehead atoms. The number of benzene rings is 1. The highest BCUT2D eigenvalue weighted by Crippen LogP contribution is 2.33. The molecule has 0 aliphatic carbocycles. The van der Waals surface area contributed by atoms with E-state index < -0.39 is 22.1 Å². The zero-order chi connectivity index (χ0) is 14.0. The van der Waals surface area contributed by atoms with Gasteiger partial charge in [0.05, 0.1) is 4.92 Å². The second kappa shape index (κ2) is 4.72. The van der Waals surface area contributed by atoms with Crippen LogP contribution in [0.3, 0.4) is 0 Å². The number of hydrogen-bond acceptors (Lipinski definition) is 6. The SMILES string of the molecule is Cn1cnc(Oc2cccc(C(=O)O)c2[N+](=O)[O-])n1. The molecule has 0 atom stereocenters. The summed E-state index contributed by atoms with van der Waals surface area (Å²) in [7, 11) is 1.60. The molecule has 0 aliphatic rings. The fraction of sp³-hybridized carbons (Fsp3) is 0.100. The van der Waals surface area contributed by atoms with E-state index >= 15 is 0 Å². The van der Waals surface area contributed by atoms with Gasteiger partial charge in [-0.3, -0.25) is 14.8 Å². The first kappa shape index (κ1) is 12.5. The third-order valence-electron chi connectivity index (χ3n) is 2.19. The summed E-state index contributed by atoms with van der Waals surface area (Å²) in [5, 5.41) is 23.7. The van der Waals surface area contributed by atoms with Crippen LogP contribution in [0.1, 0.15) is 10.4 Å². The van der Waals surface area contributed by atoms with E-state index in [0.29, 0.717) is 0 Å². The highest BCUT2D eigenvalue weighted by Gasteiger charge is 2.26. The van der Waals surface area contributed by atoms with Gasteiger partial charge in [0.1, 0.15) is 11.9 Å². The van der Waals surface area contributed by atoms with Gasteiger partial charge in [-0.05, 0) is 12.1 Å². The molecule has 19 heavy (non-hydrogen) atoms. The molecule has 9 heteroatoms.